The van der Waals surface area contributed by atoms with Gasteiger partial charge >= 0.3 is 0 Å². The first-order valence-electron chi connectivity index (χ1n) is 7.85. The number of hydrogen-bond acceptors (Lipinski definition) is 5. The van der Waals surface area contributed by atoms with Crippen LogP contribution >= 0.6 is 0 Å². The second-order valence-electron chi connectivity index (χ2n) is 5.88. The van der Waals surface area contributed by atoms with Gasteiger partial charge in [-0.3, -0.25) is 9.52 Å². The molecule has 0 fully saturated rings. The molecule has 0 spiro atoms. The van der Waals surface area contributed by atoms with Gasteiger partial charge in [0.15, 0.2) is 0 Å². The second-order valence-corrected chi connectivity index (χ2v) is 7.57. The summed E-state index contributed by atoms with van der Waals surface area (Å²) in [4.78, 5) is 12.7. The molecule has 5 rings (SSSR count). The Balaban J connectivity index is 0.00000210. The highest BCUT2D eigenvalue weighted by atomic mass is 32.2. The van der Waals surface area contributed by atoms with Gasteiger partial charge in [-0.2, -0.15) is 5.10 Å². The highest BCUT2D eigenvalue weighted by Crippen LogP contribution is 2.24. The number of nitrogens with one attached hydrogen (secondary N) is 1. The average molecular weight is 385 g/mol. The van der Waals surface area contributed by atoms with Crippen molar-refractivity contribution in [2.45, 2.75) is 18.9 Å². The molecule has 4 bridgehead atoms. The Labute approximate surface area is 157 Å². The normalized spacial score (nSPS) is 14.0. The van der Waals surface area contributed by atoms with E-state index >= 15 is 0 Å². The molecule has 2 aromatic carbocycles. The van der Waals surface area contributed by atoms with Gasteiger partial charge in [0.25, 0.3) is 15.6 Å². The summed E-state index contributed by atoms with van der Waals surface area (Å²) in [5.74, 6) is 0.692. The Kier molecular flexibility index (Phi) is 4.75. The van der Waals surface area contributed by atoms with Crippen LogP contribution in [0.1, 0.15) is 13.0 Å². The largest absolute Gasteiger partial charge is 0.497 e. The van der Waals surface area contributed by atoms with E-state index in [1.165, 1.54) is 22.9 Å². The molecule has 1 aromatic heterocycles. The molecule has 0 aliphatic carbocycles. The Hall–Kier alpha value is -3.13. The molecule has 0 saturated heterocycles. The van der Waals surface area contributed by atoms with E-state index in [9.17, 15) is 13.2 Å². The standard InChI is InChI=1S/C18H15N3O4S.CH4/c1-25-14-6-4-13(5-7-14)16-10-17-18(22)21(19-16)11-12-2-8-15(9-3-12)26(23,24)20-17;/h2-10,20H,11H2,1H3;1H4. The summed E-state index contributed by atoms with van der Waals surface area (Å²) in [6.07, 6.45) is 0. The van der Waals surface area contributed by atoms with Crippen molar-refractivity contribution in [1.82, 2.24) is 9.78 Å². The molecule has 8 heteroatoms. The fraction of sp³-hybridized carbons (Fsp3) is 0.158. The molecule has 7 nitrogen and oxygen atoms in total. The van der Waals surface area contributed by atoms with Gasteiger partial charge in [0.05, 0.1) is 24.2 Å². The molecule has 27 heavy (non-hydrogen) atoms. The zero-order valence-corrected chi connectivity index (χ0v) is 14.7. The SMILES string of the molecule is C.COc1ccc(-c2cc3c(=O)n(n2)Cc2ccc(cc2)S(=O)(=O)N3)cc1. The predicted octanol–water partition coefficient (Wildman–Crippen LogP) is 2.72. The molecule has 0 saturated carbocycles. The lowest BCUT2D eigenvalue weighted by atomic mass is 10.1. The van der Waals surface area contributed by atoms with Crippen molar-refractivity contribution in [3.05, 3.63) is 70.5 Å². The lowest BCUT2D eigenvalue weighted by Gasteiger charge is -2.15. The Morgan fingerprint density at radius 2 is 1.74 bits per heavy atom. The fourth-order valence-electron chi connectivity index (χ4n) is 2.78. The fourth-order valence-corrected chi connectivity index (χ4v) is 3.82. The molecule has 0 radical (unpaired) electrons. The third kappa shape index (κ3) is 3.43. The van der Waals surface area contributed by atoms with E-state index in [1.54, 1.807) is 43.5 Å². The Morgan fingerprint density at radius 3 is 2.37 bits per heavy atom. The minimum absolute atomic E-state index is 0. The summed E-state index contributed by atoms with van der Waals surface area (Å²) < 4.78 is 33.8. The highest BCUT2D eigenvalue weighted by molar-refractivity contribution is 7.92. The predicted molar refractivity (Wildman–Crippen MR) is 104 cm³/mol. The Morgan fingerprint density at radius 1 is 1.07 bits per heavy atom. The smallest absolute Gasteiger partial charge is 0.291 e. The summed E-state index contributed by atoms with van der Waals surface area (Å²) in [6.45, 7) is 0.248. The summed E-state index contributed by atoms with van der Waals surface area (Å²) in [7, 11) is -2.27. The lowest BCUT2D eigenvalue weighted by Crippen LogP contribution is -2.29. The maximum absolute atomic E-state index is 12.6. The van der Waals surface area contributed by atoms with E-state index in [0.29, 0.717) is 11.4 Å². The van der Waals surface area contributed by atoms with Crippen LogP contribution in [0.5, 0.6) is 5.75 Å². The van der Waals surface area contributed by atoms with Gasteiger partial charge in [0.2, 0.25) is 0 Å². The summed E-state index contributed by atoms with van der Waals surface area (Å²) in [5.41, 5.74) is 1.49. The van der Waals surface area contributed by atoms with E-state index in [4.69, 9.17) is 4.74 Å². The minimum Gasteiger partial charge on any atom is -0.497 e. The first kappa shape index (κ1) is 18.7. The molecule has 0 amide bonds. The molecule has 1 N–H and O–H groups in total. The van der Waals surface area contributed by atoms with Crippen LogP contribution in [0.3, 0.4) is 0 Å². The first-order chi connectivity index (χ1) is 12.5. The van der Waals surface area contributed by atoms with E-state index < -0.39 is 15.6 Å². The first-order valence-corrected chi connectivity index (χ1v) is 9.33. The zero-order chi connectivity index (χ0) is 18.3. The molecule has 2 aliphatic heterocycles. The van der Waals surface area contributed by atoms with Crippen LogP contribution in [0.2, 0.25) is 0 Å². The van der Waals surface area contributed by atoms with Gasteiger partial charge in [0.1, 0.15) is 11.4 Å². The van der Waals surface area contributed by atoms with Crippen LogP contribution in [0.4, 0.5) is 5.69 Å². The maximum atomic E-state index is 12.6. The molecule has 3 aromatic rings. The van der Waals surface area contributed by atoms with Crippen LogP contribution in [0.25, 0.3) is 11.3 Å². The Bertz CT molecular complexity index is 1140. The average Bonchev–Trinajstić information content (AvgIpc) is 2.64. The van der Waals surface area contributed by atoms with Crippen LogP contribution in [-0.4, -0.2) is 25.3 Å². The number of nitrogens with zero attached hydrogens (tertiary/aromatic N) is 2. The number of benzene rings is 2. The van der Waals surface area contributed by atoms with Crippen molar-refractivity contribution in [1.29, 1.82) is 0 Å². The van der Waals surface area contributed by atoms with Gasteiger partial charge in [-0.05, 0) is 48.0 Å². The summed E-state index contributed by atoms with van der Waals surface area (Å²) >= 11 is 0. The van der Waals surface area contributed by atoms with E-state index in [0.717, 1.165) is 11.1 Å². The molecule has 140 valence electrons. The van der Waals surface area contributed by atoms with Crippen molar-refractivity contribution in [3.8, 4) is 17.0 Å². The number of ether oxygens (including phenoxy) is 1. The van der Waals surface area contributed by atoms with Crippen LogP contribution in [0, 0.1) is 0 Å². The van der Waals surface area contributed by atoms with Crippen molar-refractivity contribution in [2.75, 3.05) is 11.8 Å². The number of sulfonamides is 1. The summed E-state index contributed by atoms with van der Waals surface area (Å²) in [6, 6.07) is 15.0. The van der Waals surface area contributed by atoms with E-state index in [2.05, 4.69) is 9.82 Å². The topological polar surface area (TPSA) is 90.3 Å². The van der Waals surface area contributed by atoms with Crippen molar-refractivity contribution < 1.29 is 13.2 Å². The maximum Gasteiger partial charge on any atom is 0.291 e. The van der Waals surface area contributed by atoms with Gasteiger partial charge in [-0.15, -0.1) is 0 Å². The van der Waals surface area contributed by atoms with Crippen LogP contribution < -0.4 is 15.0 Å². The molecular weight excluding hydrogens is 366 g/mol. The number of fused-ring (bicyclic) bond motifs is 3. The molecule has 3 heterocycles. The number of hydrogen-bond donors (Lipinski definition) is 1. The van der Waals surface area contributed by atoms with Crippen molar-refractivity contribution in [3.63, 3.8) is 0 Å². The van der Waals surface area contributed by atoms with Crippen molar-refractivity contribution >= 4 is 15.7 Å². The molecular formula is C19H19N3O4S. The van der Waals surface area contributed by atoms with Gasteiger partial charge in [-0.1, -0.05) is 19.6 Å². The number of methoxy groups -OCH3 is 1. The number of aromatic nitrogens is 2. The van der Waals surface area contributed by atoms with Gasteiger partial charge in [0, 0.05) is 5.56 Å². The quantitative estimate of drug-likeness (QED) is 0.732. The highest BCUT2D eigenvalue weighted by Gasteiger charge is 2.20. The number of rotatable bonds is 2. The van der Waals surface area contributed by atoms with E-state index in [-0.39, 0.29) is 24.6 Å². The van der Waals surface area contributed by atoms with E-state index in [1.807, 2.05) is 0 Å². The van der Waals surface area contributed by atoms with Gasteiger partial charge < -0.3 is 4.74 Å². The number of anilines is 1. The third-order valence-corrected chi connectivity index (χ3v) is 5.55. The van der Waals surface area contributed by atoms with Gasteiger partial charge in [-0.25, -0.2) is 13.1 Å². The summed E-state index contributed by atoms with van der Waals surface area (Å²) in [5, 5.41) is 4.40. The third-order valence-electron chi connectivity index (χ3n) is 4.17. The zero-order valence-electron chi connectivity index (χ0n) is 13.8. The molecule has 0 atom stereocenters. The van der Waals surface area contributed by atoms with Crippen molar-refractivity contribution in [2.24, 2.45) is 0 Å². The second kappa shape index (κ2) is 6.88. The molecule has 2 aliphatic rings. The molecule has 0 unspecified atom stereocenters. The minimum atomic E-state index is -3.85. The monoisotopic (exact) mass is 385 g/mol. The van der Waals surface area contributed by atoms with Crippen LogP contribution in [0.15, 0.2) is 64.3 Å². The lowest BCUT2D eigenvalue weighted by molar-refractivity contribution is 0.415. The van der Waals surface area contributed by atoms with Crippen LogP contribution in [-0.2, 0) is 16.6 Å².